The number of unbranched alkanes of at least 4 members (excludes halogenated alkanes) is 1. The third-order valence-electron chi connectivity index (χ3n) is 7.65. The second kappa shape index (κ2) is 16.6. The van der Waals surface area contributed by atoms with Gasteiger partial charge < -0.3 is 25.8 Å². The summed E-state index contributed by atoms with van der Waals surface area (Å²) in [5.74, 6) is -4.00. The van der Waals surface area contributed by atoms with Crippen molar-refractivity contribution in [2.45, 2.75) is 45.2 Å². The number of piperidine rings is 1. The second-order valence-electron chi connectivity index (χ2n) is 11.3. The van der Waals surface area contributed by atoms with Crippen LogP contribution in [0.2, 0.25) is 0 Å². The van der Waals surface area contributed by atoms with Crippen LogP contribution in [0.4, 0.5) is 25.0 Å². The molecule has 3 aromatic rings. The van der Waals surface area contributed by atoms with Gasteiger partial charge in [-0.05, 0) is 61.2 Å². The van der Waals surface area contributed by atoms with Crippen LogP contribution in [0.15, 0.2) is 54.6 Å². The smallest absolute Gasteiger partial charge is 0.339 e. The predicted octanol–water partition coefficient (Wildman–Crippen LogP) is 5.65. The maximum Gasteiger partial charge on any atom is 0.339 e. The molecule has 1 fully saturated rings. The van der Waals surface area contributed by atoms with E-state index in [0.717, 1.165) is 30.7 Å². The van der Waals surface area contributed by atoms with E-state index < -0.39 is 45.1 Å². The van der Waals surface area contributed by atoms with E-state index in [4.69, 9.17) is 10.5 Å². The highest BCUT2D eigenvalue weighted by molar-refractivity contribution is 7.92. The third kappa shape index (κ3) is 10.3. The largest absolute Gasteiger partial charge is 0.478 e. The number of halogens is 3. The van der Waals surface area contributed by atoms with Crippen LogP contribution in [-0.2, 0) is 16.6 Å². The van der Waals surface area contributed by atoms with Crippen LogP contribution in [0.5, 0.6) is 11.5 Å². The fourth-order valence-electron chi connectivity index (χ4n) is 5.30. The number of aromatic carboxylic acids is 1. The number of nitrogens with one attached hydrogen (secondary N) is 2. The number of hydrogen-bond acceptors (Lipinski definition) is 7. The molecular formula is C32H38ClF2N5O7S. The van der Waals surface area contributed by atoms with Crippen molar-refractivity contribution in [3.05, 3.63) is 82.9 Å². The fourth-order valence-corrected chi connectivity index (χ4v) is 5.85. The molecule has 260 valence electrons. The number of sulfonamides is 1. The number of urea groups is 1. The summed E-state index contributed by atoms with van der Waals surface area (Å²) in [5.41, 5.74) is 5.22. The van der Waals surface area contributed by atoms with Gasteiger partial charge in [-0.3, -0.25) is 14.4 Å². The van der Waals surface area contributed by atoms with Crippen LogP contribution < -0.4 is 20.5 Å². The van der Waals surface area contributed by atoms with Gasteiger partial charge in [0.15, 0.2) is 0 Å². The van der Waals surface area contributed by atoms with E-state index in [2.05, 4.69) is 14.9 Å². The first-order valence-electron chi connectivity index (χ1n) is 14.9. The zero-order chi connectivity index (χ0) is 34.3. The standard InChI is InChI=1S/C32H37F2N5O7S.ClH/c1-3-4-13-39(32(43)36-28-17-24(30(35)40)26(33)18-27(28)34)22-11-14-38(15-12-22)19-20-5-8-23(9-6-20)46-29-10-7-21(37-47(2,44)45)16-25(29)31(41)42;/h5-10,16-18,22,37H,3-4,11-15,19H2,1-2H3,(H2,35,40)(H,36,43)(H,41,42);1H. The molecule has 1 aliphatic rings. The number of rotatable bonds is 13. The number of carboxylic acids is 1. The topological polar surface area (TPSA) is 171 Å². The first-order chi connectivity index (χ1) is 22.2. The number of carbonyl (C=O) groups excluding carboxylic acids is 2. The Hall–Kier alpha value is -4.47. The van der Waals surface area contributed by atoms with Gasteiger partial charge in [-0.15, -0.1) is 12.4 Å². The summed E-state index contributed by atoms with van der Waals surface area (Å²) in [7, 11) is -3.59. The molecule has 0 aromatic heterocycles. The lowest BCUT2D eigenvalue weighted by Crippen LogP contribution is -2.49. The minimum atomic E-state index is -3.59. The lowest BCUT2D eigenvalue weighted by atomic mass is 10.0. The van der Waals surface area contributed by atoms with E-state index >= 15 is 0 Å². The number of primary amides is 1. The third-order valence-corrected chi connectivity index (χ3v) is 8.25. The quantitative estimate of drug-likeness (QED) is 0.176. The van der Waals surface area contributed by atoms with Gasteiger partial charge in [0.25, 0.3) is 5.91 Å². The zero-order valence-corrected chi connectivity index (χ0v) is 28.0. The molecule has 0 bridgehead atoms. The van der Waals surface area contributed by atoms with Crippen molar-refractivity contribution >= 4 is 51.7 Å². The van der Waals surface area contributed by atoms with E-state index in [0.29, 0.717) is 50.8 Å². The van der Waals surface area contributed by atoms with Gasteiger partial charge >= 0.3 is 12.0 Å². The van der Waals surface area contributed by atoms with Gasteiger partial charge in [-0.1, -0.05) is 25.5 Å². The Bertz CT molecular complexity index is 1740. The number of amides is 3. The molecular weight excluding hydrogens is 672 g/mol. The lowest BCUT2D eigenvalue weighted by Gasteiger charge is -2.38. The Kier molecular flexibility index (Phi) is 13.1. The number of carbonyl (C=O) groups is 3. The van der Waals surface area contributed by atoms with Crippen molar-refractivity contribution in [1.82, 2.24) is 9.80 Å². The molecule has 0 spiro atoms. The number of hydrogen-bond donors (Lipinski definition) is 4. The molecule has 48 heavy (non-hydrogen) atoms. The highest BCUT2D eigenvalue weighted by Crippen LogP contribution is 2.29. The average molecular weight is 710 g/mol. The molecule has 5 N–H and O–H groups in total. The van der Waals surface area contributed by atoms with Crippen molar-refractivity contribution in [3.8, 4) is 11.5 Å². The van der Waals surface area contributed by atoms with Crippen molar-refractivity contribution in [3.63, 3.8) is 0 Å². The summed E-state index contributed by atoms with van der Waals surface area (Å²) in [6.45, 7) is 4.43. The number of likely N-dealkylation sites (tertiary alicyclic amines) is 1. The number of nitrogens with two attached hydrogens (primary N) is 1. The van der Waals surface area contributed by atoms with Gasteiger partial charge in [0.1, 0.15) is 28.7 Å². The molecule has 16 heteroatoms. The minimum Gasteiger partial charge on any atom is -0.478 e. The van der Waals surface area contributed by atoms with Crippen molar-refractivity contribution in [2.24, 2.45) is 5.73 Å². The molecule has 0 aliphatic carbocycles. The molecule has 3 aromatic carbocycles. The monoisotopic (exact) mass is 709 g/mol. The SMILES string of the molecule is CCCCN(C(=O)Nc1cc(C(N)=O)c(F)cc1F)C1CCN(Cc2ccc(Oc3ccc(NS(C)(=O)=O)cc3C(=O)O)cc2)CC1.Cl. The molecule has 1 saturated heterocycles. The molecule has 4 rings (SSSR count). The second-order valence-corrected chi connectivity index (χ2v) is 13.0. The molecule has 0 unspecified atom stereocenters. The summed E-state index contributed by atoms with van der Waals surface area (Å²) < 4.78 is 59.4. The van der Waals surface area contributed by atoms with Crippen LogP contribution in [-0.4, -0.2) is 73.2 Å². The summed E-state index contributed by atoms with van der Waals surface area (Å²) in [4.78, 5) is 40.4. The number of benzene rings is 3. The van der Waals surface area contributed by atoms with E-state index in [1.54, 1.807) is 17.0 Å². The number of nitrogens with zero attached hydrogens (tertiary/aromatic N) is 2. The minimum absolute atomic E-state index is 0. The summed E-state index contributed by atoms with van der Waals surface area (Å²) in [6, 6.07) is 11.9. The maximum absolute atomic E-state index is 14.4. The lowest BCUT2D eigenvalue weighted by molar-refractivity contribution is 0.0693. The van der Waals surface area contributed by atoms with Crippen LogP contribution >= 0.6 is 12.4 Å². The number of anilines is 2. The average Bonchev–Trinajstić information content (AvgIpc) is 3.00. The first-order valence-corrected chi connectivity index (χ1v) is 16.8. The number of carboxylic acid groups (broad SMARTS) is 1. The normalized spacial score (nSPS) is 13.7. The van der Waals surface area contributed by atoms with E-state index in [1.807, 2.05) is 19.1 Å². The molecule has 0 atom stereocenters. The Morgan fingerprint density at radius 2 is 1.69 bits per heavy atom. The van der Waals surface area contributed by atoms with E-state index in [-0.39, 0.29) is 41.1 Å². The van der Waals surface area contributed by atoms with Gasteiger partial charge in [-0.25, -0.2) is 26.8 Å². The van der Waals surface area contributed by atoms with Gasteiger partial charge in [0.05, 0.1) is 17.5 Å². The number of ether oxygens (including phenoxy) is 1. The van der Waals surface area contributed by atoms with Crippen LogP contribution in [0, 0.1) is 11.6 Å². The fraction of sp³-hybridized carbons (Fsp3) is 0.344. The van der Waals surface area contributed by atoms with Crippen LogP contribution in [0.1, 0.15) is 58.9 Å². The van der Waals surface area contributed by atoms with Gasteiger partial charge in [0, 0.05) is 44.0 Å². The summed E-state index contributed by atoms with van der Waals surface area (Å²) >= 11 is 0. The zero-order valence-electron chi connectivity index (χ0n) is 26.4. The van der Waals surface area contributed by atoms with E-state index in [1.165, 1.54) is 18.2 Å². The van der Waals surface area contributed by atoms with Crippen molar-refractivity contribution in [1.29, 1.82) is 0 Å². The maximum atomic E-state index is 14.4. The highest BCUT2D eigenvalue weighted by Gasteiger charge is 2.29. The molecule has 0 saturated carbocycles. The Morgan fingerprint density at radius 3 is 2.27 bits per heavy atom. The van der Waals surface area contributed by atoms with Gasteiger partial charge in [0.2, 0.25) is 10.0 Å². The Balaban J connectivity index is 0.00000625. The van der Waals surface area contributed by atoms with Crippen molar-refractivity contribution in [2.75, 3.05) is 35.9 Å². The molecule has 0 radical (unpaired) electrons. The highest BCUT2D eigenvalue weighted by atomic mass is 35.5. The molecule has 1 heterocycles. The predicted molar refractivity (Wildman–Crippen MR) is 179 cm³/mol. The molecule has 3 amide bonds. The van der Waals surface area contributed by atoms with E-state index in [9.17, 15) is 36.7 Å². The van der Waals surface area contributed by atoms with Crippen LogP contribution in [0.3, 0.4) is 0 Å². The Labute approximate surface area is 283 Å². The van der Waals surface area contributed by atoms with Crippen LogP contribution in [0.25, 0.3) is 0 Å². The van der Waals surface area contributed by atoms with Gasteiger partial charge in [-0.2, -0.15) is 0 Å². The Morgan fingerprint density at radius 1 is 1.02 bits per heavy atom. The molecule has 1 aliphatic heterocycles. The van der Waals surface area contributed by atoms with Crippen molar-refractivity contribution < 1.29 is 41.4 Å². The first kappa shape index (κ1) is 38.0. The summed E-state index contributed by atoms with van der Waals surface area (Å²) in [5, 5.41) is 12.1. The molecule has 12 nitrogen and oxygen atoms in total. The summed E-state index contributed by atoms with van der Waals surface area (Å²) in [6.07, 6.45) is 3.87.